The van der Waals surface area contributed by atoms with E-state index in [1.807, 2.05) is 42.5 Å². The summed E-state index contributed by atoms with van der Waals surface area (Å²) in [7, 11) is 1.63. The maximum Gasteiger partial charge on any atom is 0.262 e. The monoisotopic (exact) mass is 446 g/mol. The van der Waals surface area contributed by atoms with E-state index in [9.17, 15) is 9.59 Å². The average Bonchev–Trinajstić information content (AvgIpc) is 2.71. The highest BCUT2D eigenvalue weighted by Gasteiger charge is 2.10. The van der Waals surface area contributed by atoms with Crippen LogP contribution in [0.1, 0.15) is 43.7 Å². The molecule has 0 aromatic heterocycles. The molecule has 2 aromatic rings. The Morgan fingerprint density at radius 3 is 2.43 bits per heavy atom. The molecule has 2 rings (SSSR count). The topological polar surface area (TPSA) is 67.4 Å². The number of rotatable bonds is 9. The molecule has 0 radical (unpaired) electrons. The molecule has 0 saturated heterocycles. The van der Waals surface area contributed by atoms with E-state index in [-0.39, 0.29) is 18.4 Å². The van der Waals surface area contributed by atoms with Crippen LogP contribution < -0.4 is 15.4 Å². The van der Waals surface area contributed by atoms with Crippen molar-refractivity contribution >= 4 is 33.4 Å². The van der Waals surface area contributed by atoms with Crippen LogP contribution in [0.15, 0.2) is 46.9 Å². The highest BCUT2D eigenvalue weighted by atomic mass is 79.9. The number of aryl methyl sites for hydroxylation is 1. The maximum absolute atomic E-state index is 12.2. The predicted molar refractivity (Wildman–Crippen MR) is 116 cm³/mol. The molecule has 5 nitrogen and oxygen atoms in total. The quantitative estimate of drug-likeness (QED) is 0.588. The van der Waals surface area contributed by atoms with Crippen molar-refractivity contribution in [2.45, 2.75) is 39.0 Å². The number of amides is 2. The Bertz CT molecular complexity index is 806. The Morgan fingerprint density at radius 2 is 1.82 bits per heavy atom. The third-order valence-corrected chi connectivity index (χ3v) is 5.27. The van der Waals surface area contributed by atoms with Gasteiger partial charge in [-0.1, -0.05) is 32.0 Å². The minimum absolute atomic E-state index is 0.0119. The Balaban J connectivity index is 1.84. The van der Waals surface area contributed by atoms with Crippen molar-refractivity contribution in [2.75, 3.05) is 19.0 Å². The van der Waals surface area contributed by atoms with Crippen LogP contribution >= 0.6 is 15.9 Å². The molecule has 1 atom stereocenters. The molecule has 0 saturated carbocycles. The van der Waals surface area contributed by atoms with Crippen LogP contribution in [-0.2, 0) is 16.0 Å². The van der Waals surface area contributed by atoms with Crippen LogP contribution in [0.3, 0.4) is 0 Å². The van der Waals surface area contributed by atoms with Crippen LogP contribution in [0.5, 0.6) is 5.75 Å². The fourth-order valence-corrected chi connectivity index (χ4v) is 3.17. The standard InChI is InChI=1S/C22H27BrN2O3/c1-4-15(2)17-8-11-20(19(23)13-17)28-14-22(27)25-18-9-5-16(6-10-18)7-12-21(26)24-3/h5-6,8-11,13,15H,4,7,12,14H2,1-3H3,(H,24,26)(H,25,27). The van der Waals surface area contributed by atoms with Crippen LogP contribution in [-0.4, -0.2) is 25.5 Å². The van der Waals surface area contributed by atoms with Crippen molar-refractivity contribution in [1.82, 2.24) is 5.32 Å². The van der Waals surface area contributed by atoms with Crippen LogP contribution in [0, 0.1) is 0 Å². The molecule has 0 heterocycles. The van der Waals surface area contributed by atoms with Gasteiger partial charge in [0.2, 0.25) is 5.91 Å². The molecule has 150 valence electrons. The summed E-state index contributed by atoms with van der Waals surface area (Å²) in [5.41, 5.74) is 2.98. The van der Waals surface area contributed by atoms with Gasteiger partial charge >= 0.3 is 0 Å². The molecular formula is C22H27BrN2O3. The third-order valence-electron chi connectivity index (χ3n) is 4.65. The molecule has 0 aliphatic rings. The van der Waals surface area contributed by atoms with Gasteiger partial charge in [0.1, 0.15) is 5.75 Å². The number of halogens is 1. The fourth-order valence-electron chi connectivity index (χ4n) is 2.65. The van der Waals surface area contributed by atoms with E-state index in [1.165, 1.54) is 5.56 Å². The van der Waals surface area contributed by atoms with Gasteiger partial charge in [-0.05, 0) is 70.1 Å². The minimum Gasteiger partial charge on any atom is -0.483 e. The van der Waals surface area contributed by atoms with Crippen molar-refractivity contribution < 1.29 is 14.3 Å². The van der Waals surface area contributed by atoms with Crippen molar-refractivity contribution in [3.05, 3.63) is 58.1 Å². The number of nitrogens with one attached hydrogen (secondary N) is 2. The normalized spacial score (nSPS) is 11.6. The third kappa shape index (κ3) is 6.68. The SMILES string of the molecule is CCC(C)c1ccc(OCC(=O)Nc2ccc(CCC(=O)NC)cc2)c(Br)c1. The van der Waals surface area contributed by atoms with Crippen LogP contribution in [0.2, 0.25) is 0 Å². The molecule has 0 aliphatic heterocycles. The highest BCUT2D eigenvalue weighted by Crippen LogP contribution is 2.30. The number of hydrogen-bond acceptors (Lipinski definition) is 3. The fraction of sp³-hybridized carbons (Fsp3) is 0.364. The first kappa shape index (κ1) is 22.0. The molecule has 1 unspecified atom stereocenters. The van der Waals surface area contributed by atoms with Gasteiger partial charge < -0.3 is 15.4 Å². The van der Waals surface area contributed by atoms with Gasteiger partial charge in [0, 0.05) is 19.2 Å². The van der Waals surface area contributed by atoms with Crippen LogP contribution in [0.25, 0.3) is 0 Å². The van der Waals surface area contributed by atoms with E-state index in [2.05, 4.69) is 40.4 Å². The molecule has 0 spiro atoms. The van der Waals surface area contributed by atoms with Crippen molar-refractivity contribution in [3.8, 4) is 5.75 Å². The lowest BCUT2D eigenvalue weighted by molar-refractivity contribution is -0.120. The Kier molecular flexibility index (Phi) is 8.51. The number of carbonyl (C=O) groups excluding carboxylic acids is 2. The summed E-state index contributed by atoms with van der Waals surface area (Å²) >= 11 is 3.51. The predicted octanol–water partition coefficient (Wildman–Crippen LogP) is 4.66. The van der Waals surface area contributed by atoms with Gasteiger partial charge in [0.15, 0.2) is 6.61 Å². The van der Waals surface area contributed by atoms with E-state index in [4.69, 9.17) is 4.74 Å². The number of ether oxygens (including phenoxy) is 1. The van der Waals surface area contributed by atoms with Crippen molar-refractivity contribution in [3.63, 3.8) is 0 Å². The summed E-state index contributed by atoms with van der Waals surface area (Å²) in [6.07, 6.45) is 2.18. The largest absolute Gasteiger partial charge is 0.483 e. The van der Waals surface area contributed by atoms with E-state index in [0.29, 0.717) is 30.2 Å². The lowest BCUT2D eigenvalue weighted by atomic mass is 9.99. The Morgan fingerprint density at radius 1 is 1.11 bits per heavy atom. The Hall–Kier alpha value is -2.34. The van der Waals surface area contributed by atoms with Crippen molar-refractivity contribution in [1.29, 1.82) is 0 Å². The molecule has 6 heteroatoms. The molecule has 0 bridgehead atoms. The molecule has 2 aromatic carbocycles. The lowest BCUT2D eigenvalue weighted by Gasteiger charge is -2.13. The molecule has 2 N–H and O–H groups in total. The number of carbonyl (C=O) groups is 2. The summed E-state index contributed by atoms with van der Waals surface area (Å²) < 4.78 is 6.48. The summed E-state index contributed by atoms with van der Waals surface area (Å²) in [5, 5.41) is 5.42. The first-order valence-electron chi connectivity index (χ1n) is 9.44. The van der Waals surface area contributed by atoms with Gasteiger partial charge in [-0.2, -0.15) is 0 Å². The zero-order chi connectivity index (χ0) is 20.5. The zero-order valence-electron chi connectivity index (χ0n) is 16.5. The maximum atomic E-state index is 12.2. The van der Waals surface area contributed by atoms with E-state index >= 15 is 0 Å². The summed E-state index contributed by atoms with van der Waals surface area (Å²) in [4.78, 5) is 23.4. The average molecular weight is 447 g/mol. The van der Waals surface area contributed by atoms with Crippen molar-refractivity contribution in [2.24, 2.45) is 0 Å². The van der Waals surface area contributed by atoms with Gasteiger partial charge in [-0.3, -0.25) is 9.59 Å². The lowest BCUT2D eigenvalue weighted by Crippen LogP contribution is -2.20. The highest BCUT2D eigenvalue weighted by molar-refractivity contribution is 9.10. The molecule has 2 amide bonds. The molecule has 28 heavy (non-hydrogen) atoms. The smallest absolute Gasteiger partial charge is 0.262 e. The van der Waals surface area contributed by atoms with E-state index < -0.39 is 0 Å². The van der Waals surface area contributed by atoms with E-state index in [1.54, 1.807) is 7.05 Å². The first-order valence-corrected chi connectivity index (χ1v) is 10.2. The van der Waals surface area contributed by atoms with Crippen LogP contribution in [0.4, 0.5) is 5.69 Å². The summed E-state index contributed by atoms with van der Waals surface area (Å²) in [6, 6.07) is 13.4. The Labute approximate surface area is 175 Å². The number of benzene rings is 2. The van der Waals surface area contributed by atoms with Gasteiger partial charge in [-0.15, -0.1) is 0 Å². The zero-order valence-corrected chi connectivity index (χ0v) is 18.1. The number of hydrogen-bond donors (Lipinski definition) is 2. The van der Waals surface area contributed by atoms with Gasteiger partial charge in [0.05, 0.1) is 4.47 Å². The molecule has 0 fully saturated rings. The van der Waals surface area contributed by atoms with Gasteiger partial charge in [-0.25, -0.2) is 0 Å². The molecular weight excluding hydrogens is 420 g/mol. The second-order valence-electron chi connectivity index (χ2n) is 6.71. The van der Waals surface area contributed by atoms with E-state index in [0.717, 1.165) is 16.5 Å². The summed E-state index contributed by atoms with van der Waals surface area (Å²) in [5.74, 6) is 0.911. The number of anilines is 1. The summed E-state index contributed by atoms with van der Waals surface area (Å²) in [6.45, 7) is 4.26. The second kappa shape index (κ2) is 10.9. The van der Waals surface area contributed by atoms with Gasteiger partial charge in [0.25, 0.3) is 5.91 Å². The first-order chi connectivity index (χ1) is 13.4. The second-order valence-corrected chi connectivity index (χ2v) is 7.56. The molecule has 0 aliphatic carbocycles. The minimum atomic E-state index is -0.226.